The van der Waals surface area contributed by atoms with E-state index in [4.69, 9.17) is 0 Å². The number of amides is 8. The number of carbonyl (C=O) groups excluding carboxylic acids is 6. The number of carbonyl (C=O) groups is 6. The van der Waals surface area contributed by atoms with Crippen LogP contribution in [0, 0.1) is 0 Å². The van der Waals surface area contributed by atoms with Gasteiger partial charge in [0.2, 0.25) is 11.8 Å². The van der Waals surface area contributed by atoms with Crippen LogP contribution in [0.25, 0.3) is 0 Å². The molecule has 4 aliphatic rings. The van der Waals surface area contributed by atoms with E-state index in [1.807, 2.05) is 106 Å². The number of hydrogen-bond acceptors (Lipinski definition) is 6. The summed E-state index contributed by atoms with van der Waals surface area (Å²) in [4.78, 5) is 98.8. The fourth-order valence-electron chi connectivity index (χ4n) is 11.0. The van der Waals surface area contributed by atoms with Crippen LogP contribution in [-0.2, 0) is 19.2 Å². The van der Waals surface area contributed by atoms with Gasteiger partial charge in [0, 0.05) is 24.5 Å². The van der Waals surface area contributed by atoms with Crippen molar-refractivity contribution in [3.05, 3.63) is 58.7 Å². The molecular formula is C51H74N6O6. The van der Waals surface area contributed by atoms with Crippen molar-refractivity contribution >= 4 is 47.1 Å². The normalized spacial score (nSPS) is 19.8. The molecule has 2 aliphatic heterocycles. The number of nitrogens with one attached hydrogen (secondary N) is 2. The quantitative estimate of drug-likeness (QED) is 0.161. The number of anilines is 2. The fourth-order valence-corrected chi connectivity index (χ4v) is 11.0. The summed E-state index contributed by atoms with van der Waals surface area (Å²) in [5.41, 5.74) is 2.03. The van der Waals surface area contributed by atoms with Gasteiger partial charge in [-0.3, -0.25) is 19.2 Å². The molecule has 0 aromatic heterocycles. The zero-order valence-electron chi connectivity index (χ0n) is 39.8. The van der Waals surface area contributed by atoms with Gasteiger partial charge in [0.15, 0.2) is 12.1 Å². The molecule has 2 N–H and O–H groups in total. The molecule has 12 heteroatoms. The highest BCUT2D eigenvalue weighted by Crippen LogP contribution is 2.46. The Hall–Kier alpha value is -4.74. The van der Waals surface area contributed by atoms with E-state index in [1.54, 1.807) is 9.80 Å². The van der Waals surface area contributed by atoms with E-state index in [1.165, 1.54) is 0 Å². The fraction of sp³-hybridized carbons (Fsp3) is 0.647. The molecule has 8 amide bonds. The van der Waals surface area contributed by atoms with Gasteiger partial charge in [-0.2, -0.15) is 0 Å². The van der Waals surface area contributed by atoms with Crippen molar-refractivity contribution in [3.8, 4) is 0 Å². The van der Waals surface area contributed by atoms with E-state index < -0.39 is 58.9 Å². The molecule has 0 bridgehead atoms. The second kappa shape index (κ2) is 19.6. The summed E-state index contributed by atoms with van der Waals surface area (Å²) in [5, 5.41) is 6.36. The van der Waals surface area contributed by atoms with Crippen LogP contribution in [-0.4, -0.2) is 91.5 Å². The molecule has 2 atom stereocenters. The maximum atomic E-state index is 15.9. The molecule has 2 aromatic rings. The minimum Gasteiger partial charge on any atom is -0.324 e. The monoisotopic (exact) mass is 867 g/mol. The number of nitrogens with zero attached hydrogens (tertiary/aromatic N) is 4. The summed E-state index contributed by atoms with van der Waals surface area (Å²) in [6.45, 7) is 20.8. The van der Waals surface area contributed by atoms with Crippen LogP contribution in [0.3, 0.4) is 0 Å². The van der Waals surface area contributed by atoms with Gasteiger partial charge in [-0.05, 0) is 84.5 Å². The molecule has 2 unspecified atom stereocenters. The van der Waals surface area contributed by atoms with E-state index in [9.17, 15) is 0 Å². The van der Waals surface area contributed by atoms with Crippen LogP contribution in [0.1, 0.15) is 199 Å². The van der Waals surface area contributed by atoms with Gasteiger partial charge in [-0.25, -0.2) is 19.4 Å². The van der Waals surface area contributed by atoms with E-state index in [2.05, 4.69) is 10.6 Å². The zero-order valence-corrected chi connectivity index (χ0v) is 39.8. The van der Waals surface area contributed by atoms with Gasteiger partial charge < -0.3 is 20.4 Å². The Bertz CT molecular complexity index is 1990. The highest BCUT2D eigenvalue weighted by atomic mass is 16.2. The van der Waals surface area contributed by atoms with Crippen molar-refractivity contribution in [1.82, 2.24) is 19.6 Å². The molecule has 2 heterocycles. The molecule has 2 aromatic carbocycles. The highest BCUT2D eigenvalue weighted by molar-refractivity contribution is 6.17. The van der Waals surface area contributed by atoms with Gasteiger partial charge in [-0.1, -0.05) is 151 Å². The molecule has 2 spiro atoms. The van der Waals surface area contributed by atoms with Gasteiger partial charge in [-0.15, -0.1) is 0 Å². The molecule has 2 saturated heterocycles. The van der Waals surface area contributed by atoms with Crippen LogP contribution < -0.4 is 10.6 Å². The highest BCUT2D eigenvalue weighted by Gasteiger charge is 2.66. The van der Waals surface area contributed by atoms with Crippen molar-refractivity contribution in [2.75, 3.05) is 23.7 Å². The molecular weight excluding hydrogens is 793 g/mol. The third-order valence-corrected chi connectivity index (χ3v) is 14.3. The Labute approximate surface area is 376 Å². The summed E-state index contributed by atoms with van der Waals surface area (Å²) in [5.74, 6) is -2.83. The lowest BCUT2D eigenvalue weighted by molar-refractivity contribution is -0.147. The second-order valence-electron chi connectivity index (χ2n) is 19.9. The third-order valence-electron chi connectivity index (χ3n) is 14.3. The first-order chi connectivity index (χ1) is 30.0. The average molecular weight is 867 g/mol. The van der Waals surface area contributed by atoms with Gasteiger partial charge in [0.05, 0.1) is 0 Å². The van der Waals surface area contributed by atoms with Gasteiger partial charge in [0.1, 0.15) is 11.1 Å². The number of hydrogen-bond donors (Lipinski definition) is 2. The van der Waals surface area contributed by atoms with Crippen molar-refractivity contribution in [2.24, 2.45) is 0 Å². The predicted octanol–water partition coefficient (Wildman–Crippen LogP) is 10.6. The number of imide groups is 2. The lowest BCUT2D eigenvalue weighted by Gasteiger charge is -2.39. The summed E-state index contributed by atoms with van der Waals surface area (Å²) >= 11 is 0. The van der Waals surface area contributed by atoms with Gasteiger partial charge in [0.25, 0.3) is 11.8 Å². The Morgan fingerprint density at radius 2 is 0.857 bits per heavy atom. The number of urea groups is 2. The largest absolute Gasteiger partial charge is 0.328 e. The first-order valence-electron chi connectivity index (χ1n) is 24.2. The predicted molar refractivity (Wildman–Crippen MR) is 249 cm³/mol. The lowest BCUT2D eigenvalue weighted by atomic mass is 9.79. The van der Waals surface area contributed by atoms with Crippen molar-refractivity contribution in [3.63, 3.8) is 0 Å². The average Bonchev–Trinajstić information content (AvgIpc) is 3.55. The van der Waals surface area contributed by atoms with E-state index in [-0.39, 0.29) is 30.2 Å². The van der Waals surface area contributed by atoms with Crippen LogP contribution in [0.2, 0.25) is 0 Å². The first kappa shape index (κ1) is 47.7. The molecule has 344 valence electrons. The number of para-hydroxylation sites is 2. The SMILES string of the molecule is CCCCN1C(=O)N(C(C(=O)Nc2c(C(C)C)cccc2C(C)C)C(C(=O)Nc2c(C(C)C)cccc2C(C)C)N2C(=O)N(CCC)C3(CCCCC3)C2=O)C(=O)C12CCCCC2. The minimum atomic E-state index is -1.90. The summed E-state index contributed by atoms with van der Waals surface area (Å²) in [6, 6.07) is 6.52. The summed E-state index contributed by atoms with van der Waals surface area (Å²) in [7, 11) is 0. The maximum Gasteiger partial charge on any atom is 0.328 e. The van der Waals surface area contributed by atoms with Crippen LogP contribution >= 0.6 is 0 Å². The molecule has 0 radical (unpaired) electrons. The standard InChI is InChI=1S/C51H74N6O6/c1-11-13-31-55-49(63)57(47(61)51(55)28-18-15-19-29-51)43(45(59)53-41-38(34(7)8)24-21-25-39(41)35(9)10)42(44(58)52-40-36(32(3)4)22-20-23-37(40)33(5)6)56-46(60)50(26-16-14-17-27-50)54(30-12-2)48(56)62/h20-25,32-35,42-43H,11-19,26-31H2,1-10H3,(H,52,58)(H,53,59). The molecule has 12 nitrogen and oxygen atoms in total. The van der Waals surface area contributed by atoms with Crippen molar-refractivity contribution < 1.29 is 28.8 Å². The number of unbranched alkanes of at least 4 members (excludes halogenated alkanes) is 1. The van der Waals surface area contributed by atoms with E-state index in [0.29, 0.717) is 56.4 Å². The minimum absolute atomic E-state index is 0.0286. The third kappa shape index (κ3) is 8.64. The molecule has 63 heavy (non-hydrogen) atoms. The topological polar surface area (TPSA) is 139 Å². The molecule has 4 fully saturated rings. The lowest BCUT2D eigenvalue weighted by Crippen LogP contribution is -2.65. The number of rotatable bonds is 16. The maximum absolute atomic E-state index is 15.9. The van der Waals surface area contributed by atoms with E-state index >= 15 is 28.8 Å². The second-order valence-corrected chi connectivity index (χ2v) is 19.9. The molecule has 2 saturated carbocycles. The molecule has 6 rings (SSSR count). The van der Waals surface area contributed by atoms with Crippen LogP contribution in [0.15, 0.2) is 36.4 Å². The van der Waals surface area contributed by atoms with Crippen molar-refractivity contribution in [1.29, 1.82) is 0 Å². The molecule has 2 aliphatic carbocycles. The van der Waals surface area contributed by atoms with E-state index in [0.717, 1.165) is 77.0 Å². The Morgan fingerprint density at radius 1 is 0.524 bits per heavy atom. The van der Waals surface area contributed by atoms with Crippen LogP contribution in [0.4, 0.5) is 21.0 Å². The smallest absolute Gasteiger partial charge is 0.324 e. The summed E-state index contributed by atoms with van der Waals surface area (Å²) in [6.07, 6.45) is 8.34. The van der Waals surface area contributed by atoms with Gasteiger partial charge >= 0.3 is 12.1 Å². The Kier molecular flexibility index (Phi) is 14.8. The first-order valence-corrected chi connectivity index (χ1v) is 24.2. The van der Waals surface area contributed by atoms with Crippen LogP contribution in [0.5, 0.6) is 0 Å². The Balaban J connectivity index is 1.64. The number of benzene rings is 2. The van der Waals surface area contributed by atoms with Crippen molar-refractivity contribution in [2.45, 2.75) is 200 Å². The Morgan fingerprint density at radius 3 is 1.16 bits per heavy atom. The zero-order chi connectivity index (χ0) is 46.0. The summed E-state index contributed by atoms with van der Waals surface area (Å²) < 4.78 is 0.